The highest BCUT2D eigenvalue weighted by Crippen LogP contribution is 2.36. The normalized spacial score (nSPS) is 22.6. The van der Waals surface area contributed by atoms with E-state index in [1.165, 1.54) is 35.1 Å². The van der Waals surface area contributed by atoms with E-state index in [9.17, 15) is 0 Å². The zero-order valence-electron chi connectivity index (χ0n) is 11.6. The standard InChI is InChI=1S/C18H20N/c1-13-3-7-15(8-4-13)17-11-12-18(19-17)16-9-5-14(2)6-10-16/h3-10,17-18H,11-12H2,1-2H3. The summed E-state index contributed by atoms with van der Waals surface area (Å²) < 4.78 is 0. The average Bonchev–Trinajstić information content (AvgIpc) is 2.90. The Bertz CT molecular complexity index is 487. The Balaban J connectivity index is 1.73. The Morgan fingerprint density at radius 3 is 1.42 bits per heavy atom. The molecule has 1 heterocycles. The monoisotopic (exact) mass is 250 g/mol. The Labute approximate surface area is 115 Å². The summed E-state index contributed by atoms with van der Waals surface area (Å²) in [6.45, 7) is 4.26. The summed E-state index contributed by atoms with van der Waals surface area (Å²) in [6, 6.07) is 18.4. The van der Waals surface area contributed by atoms with Crippen LogP contribution in [0.1, 0.15) is 47.2 Å². The number of rotatable bonds is 2. The molecule has 0 spiro atoms. The summed E-state index contributed by atoms with van der Waals surface area (Å²) >= 11 is 0. The summed E-state index contributed by atoms with van der Waals surface area (Å²) in [5.74, 6) is 0. The second-order valence-corrected chi connectivity index (χ2v) is 5.58. The topological polar surface area (TPSA) is 14.1 Å². The van der Waals surface area contributed by atoms with Crippen LogP contribution in [0.3, 0.4) is 0 Å². The molecule has 1 aliphatic rings. The number of benzene rings is 2. The van der Waals surface area contributed by atoms with Gasteiger partial charge in [-0.25, -0.2) is 5.32 Å². The quantitative estimate of drug-likeness (QED) is 0.746. The number of nitrogens with zero attached hydrogens (tertiary/aromatic N) is 1. The largest absolute Gasteiger partial charge is 0.226 e. The fraction of sp³-hybridized carbons (Fsp3) is 0.333. The van der Waals surface area contributed by atoms with Gasteiger partial charge in [-0.15, -0.1) is 0 Å². The fourth-order valence-electron chi connectivity index (χ4n) is 2.76. The van der Waals surface area contributed by atoms with Crippen molar-refractivity contribution < 1.29 is 0 Å². The molecule has 1 heteroatoms. The molecule has 1 fully saturated rings. The molecule has 0 aromatic heterocycles. The van der Waals surface area contributed by atoms with Gasteiger partial charge in [0.25, 0.3) is 0 Å². The van der Waals surface area contributed by atoms with Crippen molar-refractivity contribution in [3.63, 3.8) is 0 Å². The Kier molecular flexibility index (Phi) is 3.39. The lowest BCUT2D eigenvalue weighted by Gasteiger charge is -2.13. The van der Waals surface area contributed by atoms with E-state index in [2.05, 4.69) is 62.4 Å². The zero-order valence-corrected chi connectivity index (χ0v) is 11.6. The lowest BCUT2D eigenvalue weighted by molar-refractivity contribution is 0.560. The van der Waals surface area contributed by atoms with Crippen LogP contribution in [-0.4, -0.2) is 0 Å². The third kappa shape index (κ3) is 2.71. The SMILES string of the molecule is Cc1ccc(C2CCC(c3ccc(C)cc3)[N]2)cc1. The maximum atomic E-state index is 4.99. The first-order chi connectivity index (χ1) is 9.22. The van der Waals surface area contributed by atoms with E-state index in [4.69, 9.17) is 5.32 Å². The lowest BCUT2D eigenvalue weighted by Crippen LogP contribution is -2.09. The van der Waals surface area contributed by atoms with Crippen LogP contribution in [-0.2, 0) is 0 Å². The molecule has 19 heavy (non-hydrogen) atoms. The highest BCUT2D eigenvalue weighted by molar-refractivity contribution is 5.28. The van der Waals surface area contributed by atoms with Crippen molar-refractivity contribution in [3.8, 4) is 0 Å². The van der Waals surface area contributed by atoms with Gasteiger partial charge >= 0.3 is 0 Å². The average molecular weight is 250 g/mol. The van der Waals surface area contributed by atoms with Gasteiger partial charge < -0.3 is 0 Å². The predicted molar refractivity (Wildman–Crippen MR) is 79.2 cm³/mol. The molecule has 2 aromatic rings. The molecule has 1 radical (unpaired) electrons. The molecule has 0 aliphatic carbocycles. The minimum Gasteiger partial charge on any atom is -0.226 e. The third-order valence-electron chi connectivity index (χ3n) is 4.00. The van der Waals surface area contributed by atoms with Crippen LogP contribution >= 0.6 is 0 Å². The molecule has 1 nitrogen and oxygen atoms in total. The van der Waals surface area contributed by atoms with Gasteiger partial charge in [-0.2, -0.15) is 0 Å². The van der Waals surface area contributed by atoms with Gasteiger partial charge in [0, 0.05) is 0 Å². The molecule has 97 valence electrons. The van der Waals surface area contributed by atoms with Gasteiger partial charge in [-0.1, -0.05) is 59.7 Å². The summed E-state index contributed by atoms with van der Waals surface area (Å²) in [6.07, 6.45) is 2.34. The summed E-state index contributed by atoms with van der Waals surface area (Å²) in [7, 11) is 0. The molecule has 2 unspecified atom stereocenters. The number of hydrogen-bond acceptors (Lipinski definition) is 0. The van der Waals surface area contributed by atoms with Crippen molar-refractivity contribution >= 4 is 0 Å². The molecule has 1 saturated heterocycles. The maximum absolute atomic E-state index is 4.99. The molecule has 0 bridgehead atoms. The van der Waals surface area contributed by atoms with Gasteiger partial charge in [0.05, 0.1) is 12.1 Å². The number of aryl methyl sites for hydroxylation is 2. The minimum absolute atomic E-state index is 0.381. The molecular formula is C18H20N. The Hall–Kier alpha value is -1.60. The molecule has 0 saturated carbocycles. The van der Waals surface area contributed by atoms with Crippen molar-refractivity contribution in [3.05, 3.63) is 70.8 Å². The van der Waals surface area contributed by atoms with Crippen LogP contribution < -0.4 is 5.32 Å². The van der Waals surface area contributed by atoms with Gasteiger partial charge in [0.2, 0.25) is 0 Å². The highest BCUT2D eigenvalue weighted by atomic mass is 15.0. The molecule has 0 amide bonds. The zero-order chi connectivity index (χ0) is 13.2. The first kappa shape index (κ1) is 12.4. The fourth-order valence-corrected chi connectivity index (χ4v) is 2.76. The number of hydrogen-bond donors (Lipinski definition) is 0. The first-order valence-corrected chi connectivity index (χ1v) is 7.05. The van der Waals surface area contributed by atoms with Crippen molar-refractivity contribution in [2.45, 2.75) is 38.8 Å². The van der Waals surface area contributed by atoms with E-state index in [-0.39, 0.29) is 0 Å². The van der Waals surface area contributed by atoms with E-state index in [1.807, 2.05) is 0 Å². The van der Waals surface area contributed by atoms with Crippen LogP contribution in [0.2, 0.25) is 0 Å². The lowest BCUT2D eigenvalue weighted by atomic mass is 10.0. The maximum Gasteiger partial charge on any atom is 0.0503 e. The van der Waals surface area contributed by atoms with E-state index in [1.54, 1.807) is 0 Å². The molecular weight excluding hydrogens is 230 g/mol. The summed E-state index contributed by atoms with van der Waals surface area (Å²) in [4.78, 5) is 0. The molecule has 0 N–H and O–H groups in total. The first-order valence-electron chi connectivity index (χ1n) is 7.05. The molecule has 3 rings (SSSR count). The van der Waals surface area contributed by atoms with Crippen molar-refractivity contribution in [2.75, 3.05) is 0 Å². The Morgan fingerprint density at radius 2 is 1.05 bits per heavy atom. The van der Waals surface area contributed by atoms with Gasteiger partial charge in [0.15, 0.2) is 0 Å². The van der Waals surface area contributed by atoms with Crippen LogP contribution in [0.15, 0.2) is 48.5 Å². The van der Waals surface area contributed by atoms with E-state index >= 15 is 0 Å². The highest BCUT2D eigenvalue weighted by Gasteiger charge is 2.27. The van der Waals surface area contributed by atoms with E-state index in [0.29, 0.717) is 12.1 Å². The smallest absolute Gasteiger partial charge is 0.0503 e. The van der Waals surface area contributed by atoms with Crippen LogP contribution in [0.25, 0.3) is 0 Å². The minimum atomic E-state index is 0.381. The van der Waals surface area contributed by atoms with E-state index < -0.39 is 0 Å². The molecule has 2 atom stereocenters. The van der Waals surface area contributed by atoms with Crippen LogP contribution in [0, 0.1) is 13.8 Å². The van der Waals surface area contributed by atoms with Crippen molar-refractivity contribution in [2.24, 2.45) is 0 Å². The van der Waals surface area contributed by atoms with Gasteiger partial charge in [0.1, 0.15) is 0 Å². The van der Waals surface area contributed by atoms with Crippen LogP contribution in [0.5, 0.6) is 0 Å². The third-order valence-corrected chi connectivity index (χ3v) is 4.00. The second-order valence-electron chi connectivity index (χ2n) is 5.58. The summed E-state index contributed by atoms with van der Waals surface area (Å²) in [5, 5.41) is 4.99. The molecule has 2 aromatic carbocycles. The Morgan fingerprint density at radius 1 is 0.684 bits per heavy atom. The van der Waals surface area contributed by atoms with Gasteiger partial charge in [-0.05, 0) is 37.8 Å². The summed E-state index contributed by atoms with van der Waals surface area (Å²) in [5.41, 5.74) is 5.36. The van der Waals surface area contributed by atoms with Crippen molar-refractivity contribution in [1.82, 2.24) is 5.32 Å². The van der Waals surface area contributed by atoms with Crippen LogP contribution in [0.4, 0.5) is 0 Å². The van der Waals surface area contributed by atoms with E-state index in [0.717, 1.165) is 0 Å². The molecule has 1 aliphatic heterocycles. The predicted octanol–water partition coefficient (Wildman–Crippen LogP) is 4.48. The van der Waals surface area contributed by atoms with Gasteiger partial charge in [-0.3, -0.25) is 0 Å². The van der Waals surface area contributed by atoms with Crippen molar-refractivity contribution in [1.29, 1.82) is 0 Å². The second kappa shape index (κ2) is 5.18.